The number of halogens is 2. The first kappa shape index (κ1) is 40.7. The second-order valence-electron chi connectivity index (χ2n) is 17.2. The monoisotopic (exact) mass is 816 g/mol. The number of aromatic nitrogens is 2. The minimum Gasteiger partial charge on any atom is -0.471 e. The molecule has 7 atom stereocenters. The third kappa shape index (κ3) is 8.03. The molecular weight excluding hydrogens is 767 g/mol. The lowest BCUT2D eigenvalue weighted by Crippen LogP contribution is -2.60. The molecule has 4 fully saturated rings. The molecule has 4 amide bonds. The van der Waals surface area contributed by atoms with E-state index in [2.05, 4.69) is 25.3 Å². The molecule has 57 heavy (non-hydrogen) atoms. The van der Waals surface area contributed by atoms with E-state index in [9.17, 15) is 27.6 Å². The second kappa shape index (κ2) is 14.7. The van der Waals surface area contributed by atoms with E-state index >= 15 is 8.78 Å². The summed E-state index contributed by atoms with van der Waals surface area (Å²) in [4.78, 5) is 66.1. The Balaban J connectivity index is 1.25. The predicted molar refractivity (Wildman–Crippen MR) is 201 cm³/mol. The van der Waals surface area contributed by atoms with Crippen molar-refractivity contribution in [3.63, 3.8) is 0 Å². The molecule has 2 aliphatic heterocycles. The number of fused-ring (bicyclic) bond motifs is 5. The van der Waals surface area contributed by atoms with Crippen LogP contribution in [0.3, 0.4) is 0 Å². The number of carbonyl (C=O) groups is 4. The number of sulfonamides is 1. The average Bonchev–Trinajstić information content (AvgIpc) is 3.96. The van der Waals surface area contributed by atoms with E-state index in [0.29, 0.717) is 44.6 Å². The van der Waals surface area contributed by atoms with E-state index in [1.807, 2.05) is 6.92 Å². The van der Waals surface area contributed by atoms with Gasteiger partial charge in [0.1, 0.15) is 29.8 Å². The summed E-state index contributed by atoms with van der Waals surface area (Å²) >= 11 is 0. The lowest BCUT2D eigenvalue weighted by Gasteiger charge is -2.35. The molecule has 3 aliphatic carbocycles. The Morgan fingerprint density at radius 1 is 1.05 bits per heavy atom. The van der Waals surface area contributed by atoms with Gasteiger partial charge >= 0.3 is 12.0 Å². The Morgan fingerprint density at radius 2 is 1.74 bits per heavy atom. The Kier molecular flexibility index (Phi) is 10.5. The molecule has 3 heterocycles. The molecule has 5 aliphatic rings. The number of ether oxygens (including phenoxy) is 3. The number of hydrogen-bond acceptors (Lipinski definition) is 11. The summed E-state index contributed by atoms with van der Waals surface area (Å²) in [5.41, 5.74) is -2.81. The van der Waals surface area contributed by atoms with Gasteiger partial charge in [-0.1, -0.05) is 52.3 Å². The van der Waals surface area contributed by atoms with Gasteiger partial charge < -0.3 is 29.7 Å². The number of nitrogens with zero attached hydrogens (tertiary/aromatic N) is 3. The number of para-hydroxylation sites is 2. The number of rotatable bonds is 6. The zero-order valence-electron chi connectivity index (χ0n) is 32.7. The van der Waals surface area contributed by atoms with Crippen molar-refractivity contribution in [3.05, 3.63) is 42.1 Å². The molecule has 310 valence electrons. The van der Waals surface area contributed by atoms with Gasteiger partial charge in [-0.05, 0) is 75.0 Å². The van der Waals surface area contributed by atoms with Crippen LogP contribution in [0.4, 0.5) is 13.6 Å². The van der Waals surface area contributed by atoms with Crippen LogP contribution in [0.15, 0.2) is 36.4 Å². The molecule has 0 radical (unpaired) electrons. The maximum absolute atomic E-state index is 16.1. The fraction of sp³-hybridized carbons (Fsp3) is 0.641. The highest BCUT2D eigenvalue weighted by molar-refractivity contribution is 7.91. The minimum atomic E-state index is -4.04. The maximum Gasteiger partial charge on any atom is 0.408 e. The fourth-order valence-electron chi connectivity index (χ4n) is 7.99. The first-order valence-electron chi connectivity index (χ1n) is 19.5. The number of alkyl halides is 2. The van der Waals surface area contributed by atoms with E-state index in [1.54, 1.807) is 45.9 Å². The van der Waals surface area contributed by atoms with Gasteiger partial charge in [0.05, 0.1) is 35.0 Å². The number of nitrogens with one attached hydrogen (secondary N) is 3. The van der Waals surface area contributed by atoms with E-state index in [1.165, 1.54) is 11.0 Å². The van der Waals surface area contributed by atoms with Crippen LogP contribution >= 0.6 is 0 Å². The first-order chi connectivity index (χ1) is 26.8. The number of alkyl carbamates (subject to hydrolysis) is 1. The van der Waals surface area contributed by atoms with E-state index in [0.717, 1.165) is 6.08 Å². The van der Waals surface area contributed by atoms with Crippen LogP contribution in [-0.2, 0) is 39.8 Å². The van der Waals surface area contributed by atoms with Crippen LogP contribution in [-0.4, -0.2) is 101 Å². The Bertz CT molecular complexity index is 2090. The highest BCUT2D eigenvalue weighted by Gasteiger charge is 2.63. The minimum absolute atomic E-state index is 0.163. The number of hydrogen-bond donors (Lipinski definition) is 3. The van der Waals surface area contributed by atoms with Crippen molar-refractivity contribution in [2.75, 3.05) is 13.2 Å². The van der Waals surface area contributed by atoms with Crippen LogP contribution in [0.25, 0.3) is 11.0 Å². The summed E-state index contributed by atoms with van der Waals surface area (Å²) in [5.74, 6) is -6.92. The molecule has 1 aromatic carbocycles. The fourth-order valence-corrected chi connectivity index (χ4v) is 9.30. The van der Waals surface area contributed by atoms with Crippen molar-refractivity contribution < 1.29 is 50.6 Å². The van der Waals surface area contributed by atoms with E-state index in [-0.39, 0.29) is 37.0 Å². The lowest BCUT2D eigenvalue weighted by atomic mass is 9.85. The molecular formula is C39H50F2N6O9S. The van der Waals surface area contributed by atoms with Crippen LogP contribution in [0.1, 0.15) is 91.7 Å². The quantitative estimate of drug-likeness (QED) is 0.357. The molecule has 1 saturated heterocycles. The molecule has 3 N–H and O–H groups in total. The van der Waals surface area contributed by atoms with Gasteiger partial charge in [-0.3, -0.25) is 19.1 Å². The zero-order valence-corrected chi connectivity index (χ0v) is 33.5. The smallest absolute Gasteiger partial charge is 0.408 e. The summed E-state index contributed by atoms with van der Waals surface area (Å²) in [6.07, 6.45) is 1.36. The molecule has 1 aromatic heterocycles. The van der Waals surface area contributed by atoms with Gasteiger partial charge in [0.25, 0.3) is 5.91 Å². The lowest BCUT2D eigenvalue weighted by molar-refractivity contribution is -0.143. The van der Waals surface area contributed by atoms with Crippen LogP contribution in [0, 0.1) is 11.3 Å². The van der Waals surface area contributed by atoms with Gasteiger partial charge in [-0.2, -0.15) is 8.78 Å². The number of carbonyl (C=O) groups excluding carboxylic acids is 4. The third-order valence-electron chi connectivity index (χ3n) is 11.9. The second-order valence-corrected chi connectivity index (χ2v) is 19.4. The molecule has 18 heteroatoms. The standard InChI is InChI=1S/C39H50F2N6O9S/c1-6-22-20-38(22,34(50)46-57(52,53)37(5)16-17-37)45-31(48)26-19-23-21-47(26)33(49)30(36(2,3)4)44-35(51)56-28-14-9-13-27(28)54-18-10-15-39(40,41)29-32(55-23)43-25-12-8-7-11-24(25)42-29/h7-8,10-12,15,22-23,26-28,30H,6,9,13-14,16-21H2,1-5H3,(H,44,51)(H,45,48)(H,46,50)/b15-10+/t22-,23+,26-,27+,28+,30+,38+/m0/s1. The third-order valence-corrected chi connectivity index (χ3v) is 14.1. The molecule has 2 aromatic rings. The number of benzene rings is 1. The van der Waals surface area contributed by atoms with Crippen LogP contribution in [0.5, 0.6) is 5.88 Å². The van der Waals surface area contributed by atoms with E-state index < -0.39 is 103 Å². The summed E-state index contributed by atoms with van der Waals surface area (Å²) in [7, 11) is -4.04. The molecule has 3 saturated carbocycles. The van der Waals surface area contributed by atoms with Gasteiger partial charge in [0.15, 0.2) is 5.69 Å². The van der Waals surface area contributed by atoms with Gasteiger partial charge in [0, 0.05) is 6.42 Å². The van der Waals surface area contributed by atoms with Gasteiger partial charge in [-0.25, -0.2) is 23.2 Å². The van der Waals surface area contributed by atoms with Crippen molar-refractivity contribution in [3.8, 4) is 5.88 Å². The Labute approximate surface area is 330 Å². The maximum atomic E-state index is 16.1. The molecule has 7 rings (SSSR count). The summed E-state index contributed by atoms with van der Waals surface area (Å²) < 4.78 is 77.2. The average molecular weight is 817 g/mol. The molecule has 15 nitrogen and oxygen atoms in total. The number of amides is 4. The van der Waals surface area contributed by atoms with E-state index in [4.69, 9.17) is 14.2 Å². The largest absolute Gasteiger partial charge is 0.471 e. The van der Waals surface area contributed by atoms with Crippen molar-refractivity contribution in [2.24, 2.45) is 11.3 Å². The number of allylic oxidation sites excluding steroid dienone is 1. The first-order valence-corrected chi connectivity index (χ1v) is 21.0. The van der Waals surface area contributed by atoms with Crippen molar-refractivity contribution >= 4 is 44.9 Å². The van der Waals surface area contributed by atoms with Gasteiger partial charge in [0.2, 0.25) is 27.7 Å². The molecule has 2 bridgehead atoms. The highest BCUT2D eigenvalue weighted by Crippen LogP contribution is 2.48. The highest BCUT2D eigenvalue weighted by atomic mass is 32.2. The summed E-state index contributed by atoms with van der Waals surface area (Å²) in [5, 5.41) is 5.49. The Hall–Kier alpha value is -4.45. The Morgan fingerprint density at radius 3 is 2.39 bits per heavy atom. The predicted octanol–water partition coefficient (Wildman–Crippen LogP) is 4.00. The van der Waals surface area contributed by atoms with Crippen LogP contribution in [0.2, 0.25) is 0 Å². The SMILES string of the molecule is CC[C@H]1C[C@]1(NC(=O)[C@@H]1C[C@@H]2CN1C(=O)[C@H](C(C)(C)C)NC(=O)O[C@@H]1CCC[C@H]1OC/C=C/C(F)(F)c1nc3ccccc3nc1O2)C(=O)NS(=O)(=O)C1(C)CC1. The summed E-state index contributed by atoms with van der Waals surface area (Å²) in [6.45, 7) is 8.03. The topological polar surface area (TPSA) is 195 Å². The zero-order chi connectivity index (χ0) is 41.1. The van der Waals surface area contributed by atoms with Crippen molar-refractivity contribution in [1.29, 1.82) is 0 Å². The van der Waals surface area contributed by atoms with Crippen molar-refractivity contribution in [2.45, 2.75) is 133 Å². The molecule has 0 unspecified atom stereocenters. The van der Waals surface area contributed by atoms with Crippen molar-refractivity contribution in [1.82, 2.24) is 30.2 Å². The van der Waals surface area contributed by atoms with Gasteiger partial charge in [-0.15, -0.1) is 0 Å². The summed E-state index contributed by atoms with van der Waals surface area (Å²) in [6, 6.07) is 3.86. The normalized spacial score (nSPS) is 31.7. The molecule has 0 spiro atoms. The van der Waals surface area contributed by atoms with Crippen LogP contribution < -0.4 is 20.1 Å².